The van der Waals surface area contributed by atoms with E-state index in [9.17, 15) is 9.59 Å². The van der Waals surface area contributed by atoms with Crippen molar-refractivity contribution < 1.29 is 19.8 Å². The van der Waals surface area contributed by atoms with E-state index in [-0.39, 0.29) is 16.8 Å². The second kappa shape index (κ2) is 4.28. The van der Waals surface area contributed by atoms with Crippen LogP contribution in [0, 0.1) is 0 Å². The average molecular weight is 207 g/mol. The summed E-state index contributed by atoms with van der Waals surface area (Å²) in [5.74, 6) is -2.33. The number of hydrogen-bond donors (Lipinski definition) is 3. The lowest BCUT2D eigenvalue weighted by molar-refractivity contribution is -0.131. The third-order valence-electron chi connectivity index (χ3n) is 1.75. The maximum atomic E-state index is 10.8. The summed E-state index contributed by atoms with van der Waals surface area (Å²) in [6.07, 6.45) is 2.06. The summed E-state index contributed by atoms with van der Waals surface area (Å²) in [6, 6.07) is 4.49. The minimum atomic E-state index is -1.18. The predicted molar refractivity (Wildman–Crippen MR) is 54.5 cm³/mol. The zero-order chi connectivity index (χ0) is 11.4. The summed E-state index contributed by atoms with van der Waals surface area (Å²) in [5, 5.41) is 17.3. The van der Waals surface area contributed by atoms with Crippen LogP contribution in [0.1, 0.15) is 15.9 Å². The monoisotopic (exact) mass is 207 g/mol. The van der Waals surface area contributed by atoms with Crippen LogP contribution in [-0.2, 0) is 4.79 Å². The number of rotatable bonds is 3. The molecule has 78 valence electrons. The van der Waals surface area contributed by atoms with Crippen LogP contribution in [0.4, 0.5) is 5.69 Å². The first-order valence-electron chi connectivity index (χ1n) is 4.05. The molecule has 0 radical (unpaired) electrons. The molecule has 0 aliphatic carbocycles. The van der Waals surface area contributed by atoms with Crippen molar-refractivity contribution in [1.82, 2.24) is 0 Å². The molecule has 0 saturated carbocycles. The molecule has 0 aromatic heterocycles. The molecule has 1 rings (SSSR count). The molecule has 0 amide bonds. The molecule has 0 atom stereocenters. The molecule has 0 aliphatic rings. The molecule has 1 aromatic rings. The minimum Gasteiger partial charge on any atom is -0.478 e. The molecular weight excluding hydrogens is 198 g/mol. The van der Waals surface area contributed by atoms with Crippen molar-refractivity contribution >= 4 is 23.7 Å². The van der Waals surface area contributed by atoms with Crippen molar-refractivity contribution in [3.05, 3.63) is 35.4 Å². The highest BCUT2D eigenvalue weighted by Gasteiger charge is 2.11. The van der Waals surface area contributed by atoms with Crippen LogP contribution in [0.2, 0.25) is 0 Å². The van der Waals surface area contributed by atoms with Crippen LogP contribution in [0.25, 0.3) is 6.08 Å². The molecule has 1 aromatic carbocycles. The summed E-state index contributed by atoms with van der Waals surface area (Å²) in [5.41, 5.74) is 5.75. The number of aliphatic carboxylic acids is 1. The number of benzene rings is 1. The summed E-state index contributed by atoms with van der Waals surface area (Å²) >= 11 is 0. The first-order chi connectivity index (χ1) is 7.02. The Hall–Kier alpha value is -2.30. The number of aromatic carboxylic acids is 1. The van der Waals surface area contributed by atoms with Crippen molar-refractivity contribution in [2.75, 3.05) is 5.73 Å². The van der Waals surface area contributed by atoms with Crippen molar-refractivity contribution in [3.63, 3.8) is 0 Å². The third-order valence-corrected chi connectivity index (χ3v) is 1.75. The molecule has 4 N–H and O–H groups in total. The molecule has 0 fully saturated rings. The van der Waals surface area contributed by atoms with E-state index in [1.807, 2.05) is 0 Å². The zero-order valence-electron chi connectivity index (χ0n) is 7.68. The lowest BCUT2D eigenvalue weighted by Crippen LogP contribution is -2.04. The Balaban J connectivity index is 3.23. The van der Waals surface area contributed by atoms with Gasteiger partial charge in [-0.05, 0) is 17.7 Å². The Kier molecular flexibility index (Phi) is 3.07. The molecule has 5 nitrogen and oxygen atoms in total. The Morgan fingerprint density at radius 1 is 1.27 bits per heavy atom. The van der Waals surface area contributed by atoms with Gasteiger partial charge in [0.15, 0.2) is 0 Å². The first kappa shape index (κ1) is 10.8. The molecular formula is C10H9NO4. The SMILES string of the molecule is Nc1cccc(C=CC(=O)O)c1C(=O)O. The molecule has 5 heteroatoms. The Morgan fingerprint density at radius 2 is 1.93 bits per heavy atom. The highest BCUT2D eigenvalue weighted by molar-refractivity contribution is 5.99. The number of carboxylic acids is 2. The molecule has 0 bridgehead atoms. The van der Waals surface area contributed by atoms with Gasteiger partial charge in [0.2, 0.25) is 0 Å². The van der Waals surface area contributed by atoms with Crippen molar-refractivity contribution in [2.45, 2.75) is 0 Å². The van der Waals surface area contributed by atoms with Crippen molar-refractivity contribution in [3.8, 4) is 0 Å². The smallest absolute Gasteiger partial charge is 0.338 e. The standard InChI is InChI=1S/C10H9NO4/c11-7-3-1-2-6(4-5-8(12)13)9(7)10(14)15/h1-5H,11H2,(H,12,13)(H,14,15). The van der Waals surface area contributed by atoms with Gasteiger partial charge in [0, 0.05) is 11.8 Å². The average Bonchev–Trinajstić information content (AvgIpc) is 2.13. The minimum absolute atomic E-state index is 0.0880. The Bertz CT molecular complexity index is 437. The van der Waals surface area contributed by atoms with Crippen LogP contribution >= 0.6 is 0 Å². The van der Waals surface area contributed by atoms with Crippen molar-refractivity contribution in [1.29, 1.82) is 0 Å². The van der Waals surface area contributed by atoms with Gasteiger partial charge in [0.25, 0.3) is 0 Å². The van der Waals surface area contributed by atoms with Gasteiger partial charge in [0.1, 0.15) is 0 Å². The fourth-order valence-corrected chi connectivity index (χ4v) is 1.14. The maximum Gasteiger partial charge on any atom is 0.338 e. The number of nitrogens with two attached hydrogens (primary N) is 1. The van der Waals surface area contributed by atoms with Crippen LogP contribution in [0.3, 0.4) is 0 Å². The van der Waals surface area contributed by atoms with E-state index in [0.717, 1.165) is 6.08 Å². The fourth-order valence-electron chi connectivity index (χ4n) is 1.14. The van der Waals surface area contributed by atoms with Gasteiger partial charge in [-0.1, -0.05) is 12.1 Å². The number of nitrogen functional groups attached to an aromatic ring is 1. The topological polar surface area (TPSA) is 101 Å². The molecule has 0 unspecified atom stereocenters. The molecule has 0 spiro atoms. The van der Waals surface area contributed by atoms with Crippen LogP contribution in [-0.4, -0.2) is 22.2 Å². The Morgan fingerprint density at radius 3 is 2.47 bits per heavy atom. The van der Waals surface area contributed by atoms with Crippen LogP contribution < -0.4 is 5.73 Å². The fraction of sp³-hybridized carbons (Fsp3) is 0. The van der Waals surface area contributed by atoms with E-state index in [4.69, 9.17) is 15.9 Å². The molecule has 0 heterocycles. The van der Waals surface area contributed by atoms with E-state index < -0.39 is 11.9 Å². The third kappa shape index (κ3) is 2.57. The second-order valence-electron chi connectivity index (χ2n) is 2.79. The van der Waals surface area contributed by atoms with Crippen LogP contribution in [0.5, 0.6) is 0 Å². The highest BCUT2D eigenvalue weighted by atomic mass is 16.4. The second-order valence-corrected chi connectivity index (χ2v) is 2.79. The lowest BCUT2D eigenvalue weighted by atomic mass is 10.1. The summed E-state index contributed by atoms with van der Waals surface area (Å²) in [7, 11) is 0. The van der Waals surface area contributed by atoms with E-state index in [1.54, 1.807) is 6.07 Å². The van der Waals surface area contributed by atoms with E-state index in [0.29, 0.717) is 0 Å². The first-order valence-corrected chi connectivity index (χ1v) is 4.05. The van der Waals surface area contributed by atoms with E-state index >= 15 is 0 Å². The van der Waals surface area contributed by atoms with Gasteiger partial charge in [0.05, 0.1) is 5.56 Å². The van der Waals surface area contributed by atoms with Gasteiger partial charge in [-0.25, -0.2) is 9.59 Å². The number of anilines is 1. The zero-order valence-corrected chi connectivity index (χ0v) is 7.68. The maximum absolute atomic E-state index is 10.8. The quantitative estimate of drug-likeness (QED) is 0.508. The summed E-state index contributed by atoms with van der Waals surface area (Å²) < 4.78 is 0. The predicted octanol–water partition coefficient (Wildman–Crippen LogP) is 1.06. The van der Waals surface area contributed by atoms with E-state index in [1.165, 1.54) is 18.2 Å². The Labute approximate surface area is 85.5 Å². The summed E-state index contributed by atoms with van der Waals surface area (Å²) in [4.78, 5) is 21.1. The molecule has 0 saturated heterocycles. The lowest BCUT2D eigenvalue weighted by Gasteiger charge is -2.03. The molecule has 0 aliphatic heterocycles. The summed E-state index contributed by atoms with van der Waals surface area (Å²) in [6.45, 7) is 0. The van der Waals surface area contributed by atoms with Crippen LogP contribution in [0.15, 0.2) is 24.3 Å². The van der Waals surface area contributed by atoms with Gasteiger partial charge < -0.3 is 15.9 Å². The number of hydrogen-bond acceptors (Lipinski definition) is 3. The van der Waals surface area contributed by atoms with Gasteiger partial charge in [-0.15, -0.1) is 0 Å². The number of carbonyl (C=O) groups is 2. The van der Waals surface area contributed by atoms with Gasteiger partial charge in [-0.3, -0.25) is 0 Å². The van der Waals surface area contributed by atoms with Gasteiger partial charge >= 0.3 is 11.9 Å². The highest BCUT2D eigenvalue weighted by Crippen LogP contribution is 2.18. The van der Waals surface area contributed by atoms with Gasteiger partial charge in [-0.2, -0.15) is 0 Å². The number of carboxylic acid groups (broad SMARTS) is 2. The largest absolute Gasteiger partial charge is 0.478 e. The molecule has 15 heavy (non-hydrogen) atoms. The van der Waals surface area contributed by atoms with Crippen molar-refractivity contribution in [2.24, 2.45) is 0 Å². The normalized spacial score (nSPS) is 10.4. The van der Waals surface area contributed by atoms with E-state index in [2.05, 4.69) is 0 Å².